The monoisotopic (exact) mass is 359 g/mol. The third-order valence-corrected chi connectivity index (χ3v) is 4.05. The summed E-state index contributed by atoms with van der Waals surface area (Å²) in [5.74, 6) is 1.67. The minimum absolute atomic E-state index is 0.275. The minimum atomic E-state index is 0.275. The molecule has 0 aliphatic carbocycles. The molecule has 0 aliphatic rings. The van der Waals surface area contributed by atoms with Crippen molar-refractivity contribution in [1.82, 2.24) is 0 Å². The molecule has 136 valence electrons. The largest absolute Gasteiger partial charge is 0.493 e. The molecule has 0 fully saturated rings. The SMILES string of the molecule is COc1cc(CC#N)cc(OCc2ccccc2)c1OCc1ccccc1. The van der Waals surface area contributed by atoms with E-state index in [2.05, 4.69) is 6.07 Å². The number of methoxy groups -OCH3 is 1. The molecule has 3 aromatic carbocycles. The van der Waals surface area contributed by atoms with E-state index in [-0.39, 0.29) is 6.42 Å². The Bertz CT molecular complexity index is 902. The first-order chi connectivity index (χ1) is 13.3. The molecule has 0 saturated carbocycles. The highest BCUT2D eigenvalue weighted by atomic mass is 16.5. The summed E-state index contributed by atoms with van der Waals surface area (Å²) in [6.07, 6.45) is 0.275. The van der Waals surface area contributed by atoms with Crippen molar-refractivity contribution >= 4 is 0 Å². The van der Waals surface area contributed by atoms with Crippen LogP contribution in [0, 0.1) is 11.3 Å². The van der Waals surface area contributed by atoms with Crippen molar-refractivity contribution in [2.75, 3.05) is 7.11 Å². The number of hydrogen-bond acceptors (Lipinski definition) is 4. The van der Waals surface area contributed by atoms with Gasteiger partial charge in [-0.1, -0.05) is 60.7 Å². The van der Waals surface area contributed by atoms with Crippen molar-refractivity contribution in [2.24, 2.45) is 0 Å². The molecule has 0 spiro atoms. The Hall–Kier alpha value is -3.45. The van der Waals surface area contributed by atoms with Crippen molar-refractivity contribution in [3.8, 4) is 23.3 Å². The predicted octanol–water partition coefficient (Wildman–Crippen LogP) is 4.92. The summed E-state index contributed by atoms with van der Waals surface area (Å²) in [6.45, 7) is 0.804. The number of benzene rings is 3. The van der Waals surface area contributed by atoms with Crippen LogP contribution in [-0.4, -0.2) is 7.11 Å². The topological polar surface area (TPSA) is 51.5 Å². The van der Waals surface area contributed by atoms with E-state index < -0.39 is 0 Å². The molecule has 0 bridgehead atoms. The lowest BCUT2D eigenvalue weighted by molar-refractivity contribution is 0.243. The van der Waals surface area contributed by atoms with Gasteiger partial charge in [0, 0.05) is 0 Å². The zero-order chi connectivity index (χ0) is 18.9. The van der Waals surface area contributed by atoms with Crippen molar-refractivity contribution in [2.45, 2.75) is 19.6 Å². The van der Waals surface area contributed by atoms with Crippen LogP contribution >= 0.6 is 0 Å². The van der Waals surface area contributed by atoms with Gasteiger partial charge in [0.05, 0.1) is 19.6 Å². The van der Waals surface area contributed by atoms with Crippen LogP contribution in [0.5, 0.6) is 17.2 Å². The van der Waals surface area contributed by atoms with Crippen LogP contribution < -0.4 is 14.2 Å². The molecule has 3 rings (SSSR count). The van der Waals surface area contributed by atoms with Gasteiger partial charge in [-0.05, 0) is 28.8 Å². The summed E-state index contributed by atoms with van der Waals surface area (Å²) < 4.78 is 17.6. The molecular weight excluding hydrogens is 338 g/mol. The van der Waals surface area contributed by atoms with E-state index in [0.717, 1.165) is 16.7 Å². The molecule has 0 radical (unpaired) electrons. The second-order valence-corrected chi connectivity index (χ2v) is 6.01. The number of ether oxygens (including phenoxy) is 3. The molecule has 0 heterocycles. The van der Waals surface area contributed by atoms with Gasteiger partial charge in [-0.15, -0.1) is 0 Å². The lowest BCUT2D eigenvalue weighted by atomic mass is 10.1. The van der Waals surface area contributed by atoms with Gasteiger partial charge >= 0.3 is 0 Å². The van der Waals surface area contributed by atoms with Crippen LogP contribution in [0.15, 0.2) is 72.8 Å². The van der Waals surface area contributed by atoms with Crippen LogP contribution in [0.4, 0.5) is 0 Å². The van der Waals surface area contributed by atoms with Gasteiger partial charge in [0.2, 0.25) is 5.75 Å². The van der Waals surface area contributed by atoms with Crippen LogP contribution in [0.3, 0.4) is 0 Å². The van der Waals surface area contributed by atoms with E-state index in [4.69, 9.17) is 19.5 Å². The first kappa shape index (κ1) is 18.3. The maximum atomic E-state index is 9.04. The van der Waals surface area contributed by atoms with Crippen molar-refractivity contribution in [1.29, 1.82) is 5.26 Å². The fourth-order valence-electron chi connectivity index (χ4n) is 2.69. The van der Waals surface area contributed by atoms with Crippen molar-refractivity contribution in [3.05, 3.63) is 89.5 Å². The molecule has 0 unspecified atom stereocenters. The standard InChI is InChI=1S/C23H21NO3/c1-25-21-14-20(12-13-24)15-22(26-16-18-8-4-2-5-9-18)23(21)27-17-19-10-6-3-7-11-19/h2-11,14-15H,12,16-17H2,1H3. The summed E-state index contributed by atoms with van der Waals surface area (Å²) in [6, 6.07) is 25.6. The van der Waals surface area contributed by atoms with Gasteiger partial charge in [-0.3, -0.25) is 0 Å². The third-order valence-electron chi connectivity index (χ3n) is 4.05. The van der Waals surface area contributed by atoms with Crippen LogP contribution in [0.25, 0.3) is 0 Å². The average Bonchev–Trinajstić information content (AvgIpc) is 2.72. The number of nitriles is 1. The van der Waals surface area contributed by atoms with Gasteiger partial charge < -0.3 is 14.2 Å². The van der Waals surface area contributed by atoms with Gasteiger partial charge in [-0.2, -0.15) is 5.26 Å². The van der Waals surface area contributed by atoms with Crippen LogP contribution in [0.2, 0.25) is 0 Å². The fraction of sp³-hybridized carbons (Fsp3) is 0.174. The Morgan fingerprint density at radius 1 is 0.741 bits per heavy atom. The minimum Gasteiger partial charge on any atom is -0.493 e. The molecule has 0 amide bonds. The van der Waals surface area contributed by atoms with E-state index in [1.54, 1.807) is 7.11 Å². The molecule has 0 aromatic heterocycles. The zero-order valence-electron chi connectivity index (χ0n) is 15.2. The first-order valence-corrected chi connectivity index (χ1v) is 8.71. The highest BCUT2D eigenvalue weighted by Gasteiger charge is 2.15. The maximum absolute atomic E-state index is 9.04. The summed E-state index contributed by atoms with van der Waals surface area (Å²) in [5, 5.41) is 9.04. The van der Waals surface area contributed by atoms with Gasteiger partial charge in [0.25, 0.3) is 0 Å². The van der Waals surface area contributed by atoms with E-state index >= 15 is 0 Å². The Morgan fingerprint density at radius 2 is 1.30 bits per heavy atom. The molecule has 4 heteroatoms. The maximum Gasteiger partial charge on any atom is 0.203 e. The first-order valence-electron chi connectivity index (χ1n) is 8.71. The Morgan fingerprint density at radius 3 is 1.85 bits per heavy atom. The van der Waals surface area contributed by atoms with E-state index in [0.29, 0.717) is 30.5 Å². The molecule has 4 nitrogen and oxygen atoms in total. The quantitative estimate of drug-likeness (QED) is 0.573. The zero-order valence-corrected chi connectivity index (χ0v) is 15.2. The average molecular weight is 359 g/mol. The molecule has 0 aliphatic heterocycles. The molecule has 3 aromatic rings. The van der Waals surface area contributed by atoms with E-state index in [1.807, 2.05) is 72.8 Å². The highest BCUT2D eigenvalue weighted by Crippen LogP contribution is 2.39. The fourth-order valence-corrected chi connectivity index (χ4v) is 2.69. The second kappa shape index (κ2) is 9.30. The molecule has 0 atom stereocenters. The number of hydrogen-bond donors (Lipinski definition) is 0. The van der Waals surface area contributed by atoms with Crippen molar-refractivity contribution < 1.29 is 14.2 Å². The molecular formula is C23H21NO3. The van der Waals surface area contributed by atoms with E-state index in [1.165, 1.54) is 0 Å². The Kier molecular flexibility index (Phi) is 6.32. The highest BCUT2D eigenvalue weighted by molar-refractivity contribution is 5.54. The Labute approximate surface area is 159 Å². The summed E-state index contributed by atoms with van der Waals surface area (Å²) in [7, 11) is 1.59. The summed E-state index contributed by atoms with van der Waals surface area (Å²) >= 11 is 0. The van der Waals surface area contributed by atoms with Crippen molar-refractivity contribution in [3.63, 3.8) is 0 Å². The Balaban J connectivity index is 1.86. The predicted molar refractivity (Wildman–Crippen MR) is 104 cm³/mol. The van der Waals surface area contributed by atoms with Crippen LogP contribution in [-0.2, 0) is 19.6 Å². The second-order valence-electron chi connectivity index (χ2n) is 6.01. The molecule has 0 N–H and O–H groups in total. The summed E-state index contributed by atoms with van der Waals surface area (Å²) in [4.78, 5) is 0. The lowest BCUT2D eigenvalue weighted by Crippen LogP contribution is -2.03. The lowest BCUT2D eigenvalue weighted by Gasteiger charge is -2.17. The smallest absolute Gasteiger partial charge is 0.203 e. The number of rotatable bonds is 8. The normalized spacial score (nSPS) is 10.1. The van der Waals surface area contributed by atoms with E-state index in [9.17, 15) is 0 Å². The van der Waals surface area contributed by atoms with Gasteiger partial charge in [0.15, 0.2) is 11.5 Å². The van der Waals surface area contributed by atoms with Crippen LogP contribution in [0.1, 0.15) is 16.7 Å². The summed E-state index contributed by atoms with van der Waals surface area (Å²) in [5.41, 5.74) is 2.93. The molecule has 0 saturated heterocycles. The number of nitrogens with zero attached hydrogens (tertiary/aromatic N) is 1. The third kappa shape index (κ3) is 5.02. The van der Waals surface area contributed by atoms with Gasteiger partial charge in [-0.25, -0.2) is 0 Å². The van der Waals surface area contributed by atoms with Gasteiger partial charge in [0.1, 0.15) is 13.2 Å². The molecule has 27 heavy (non-hydrogen) atoms.